The molecule has 0 aromatic carbocycles. The van der Waals surface area contributed by atoms with E-state index in [4.69, 9.17) is 4.42 Å². The zero-order valence-corrected chi connectivity index (χ0v) is 12.3. The molecule has 0 fully saturated rings. The van der Waals surface area contributed by atoms with Crippen molar-refractivity contribution in [1.82, 2.24) is 24.9 Å². The Bertz CT molecular complexity index is 742. The average molecular weight is 299 g/mol. The molecule has 0 radical (unpaired) electrons. The number of rotatable bonds is 6. The number of amides is 1. The van der Waals surface area contributed by atoms with E-state index in [0.29, 0.717) is 18.8 Å². The van der Waals surface area contributed by atoms with Gasteiger partial charge in [-0.15, -0.1) is 0 Å². The van der Waals surface area contributed by atoms with Gasteiger partial charge in [-0.1, -0.05) is 0 Å². The minimum absolute atomic E-state index is 0.252. The molecule has 22 heavy (non-hydrogen) atoms. The van der Waals surface area contributed by atoms with Crippen LogP contribution in [0.25, 0.3) is 0 Å². The second-order valence-corrected chi connectivity index (χ2v) is 4.82. The number of hydrogen-bond acceptors (Lipinski definition) is 4. The van der Waals surface area contributed by atoms with E-state index in [9.17, 15) is 4.79 Å². The molecule has 0 unspecified atom stereocenters. The Labute approximate surface area is 127 Å². The lowest BCUT2D eigenvalue weighted by molar-refractivity contribution is 0.0920. The first-order valence-corrected chi connectivity index (χ1v) is 7.11. The van der Waals surface area contributed by atoms with Crippen molar-refractivity contribution >= 4 is 5.91 Å². The van der Waals surface area contributed by atoms with Crippen LogP contribution in [0.4, 0.5) is 0 Å². The van der Waals surface area contributed by atoms with Gasteiger partial charge in [0.25, 0.3) is 5.91 Å². The Kier molecular flexibility index (Phi) is 4.04. The van der Waals surface area contributed by atoms with Gasteiger partial charge >= 0.3 is 0 Å². The summed E-state index contributed by atoms with van der Waals surface area (Å²) in [5.74, 6) is 0.721. The number of nitrogens with one attached hydrogen (secondary N) is 1. The van der Waals surface area contributed by atoms with Gasteiger partial charge < -0.3 is 9.73 Å². The summed E-state index contributed by atoms with van der Waals surface area (Å²) in [7, 11) is 0. The normalized spacial score (nSPS) is 10.8. The largest absolute Gasteiger partial charge is 0.454 e. The van der Waals surface area contributed by atoms with Crippen LogP contribution in [0.5, 0.6) is 0 Å². The Balaban J connectivity index is 1.57. The van der Waals surface area contributed by atoms with Crippen LogP contribution in [0.2, 0.25) is 0 Å². The van der Waals surface area contributed by atoms with Gasteiger partial charge in [0.2, 0.25) is 0 Å². The molecule has 114 valence electrons. The smallest absolute Gasteiger partial charge is 0.287 e. The molecule has 0 aliphatic carbocycles. The van der Waals surface area contributed by atoms with E-state index in [1.165, 1.54) is 0 Å². The average Bonchev–Trinajstić information content (AvgIpc) is 3.27. The highest BCUT2D eigenvalue weighted by molar-refractivity contribution is 5.91. The molecular formula is C15H17N5O2. The summed E-state index contributed by atoms with van der Waals surface area (Å²) in [6.07, 6.45) is 5.43. The van der Waals surface area contributed by atoms with Crippen LogP contribution in [-0.2, 0) is 19.6 Å². The summed E-state index contributed by atoms with van der Waals surface area (Å²) >= 11 is 0. The SMILES string of the molecule is CCn1ccc(CNC(=O)c2ccc(Cn3cccn3)o2)n1. The van der Waals surface area contributed by atoms with Gasteiger partial charge in [0.15, 0.2) is 5.76 Å². The van der Waals surface area contributed by atoms with Gasteiger partial charge in [-0.3, -0.25) is 14.2 Å². The number of aromatic nitrogens is 4. The summed E-state index contributed by atoms with van der Waals surface area (Å²) in [4.78, 5) is 12.0. The first-order valence-electron chi connectivity index (χ1n) is 7.11. The lowest BCUT2D eigenvalue weighted by Crippen LogP contribution is -2.22. The van der Waals surface area contributed by atoms with Crippen molar-refractivity contribution in [2.24, 2.45) is 0 Å². The summed E-state index contributed by atoms with van der Waals surface area (Å²) in [6, 6.07) is 7.17. The zero-order valence-electron chi connectivity index (χ0n) is 12.3. The van der Waals surface area contributed by atoms with Crippen LogP contribution in [0.1, 0.15) is 28.9 Å². The van der Waals surface area contributed by atoms with E-state index in [-0.39, 0.29) is 11.7 Å². The highest BCUT2D eigenvalue weighted by Gasteiger charge is 2.11. The Hall–Kier alpha value is -2.83. The quantitative estimate of drug-likeness (QED) is 0.751. The topological polar surface area (TPSA) is 77.9 Å². The second-order valence-electron chi connectivity index (χ2n) is 4.82. The summed E-state index contributed by atoms with van der Waals surface area (Å²) in [5, 5.41) is 11.2. The van der Waals surface area contributed by atoms with Gasteiger partial charge in [-0.25, -0.2) is 0 Å². The number of carbonyl (C=O) groups is 1. The number of nitrogens with zero attached hydrogens (tertiary/aromatic N) is 4. The lowest BCUT2D eigenvalue weighted by Gasteiger charge is -2.01. The molecule has 0 saturated carbocycles. The summed E-state index contributed by atoms with van der Waals surface area (Å²) in [5.41, 5.74) is 0.818. The Morgan fingerprint density at radius 1 is 1.27 bits per heavy atom. The fourth-order valence-corrected chi connectivity index (χ4v) is 2.07. The van der Waals surface area contributed by atoms with Gasteiger partial charge in [-0.2, -0.15) is 10.2 Å². The molecule has 3 heterocycles. The summed E-state index contributed by atoms with van der Waals surface area (Å²) in [6.45, 7) is 3.70. The molecule has 3 aromatic heterocycles. The molecule has 1 N–H and O–H groups in total. The van der Waals surface area contributed by atoms with Gasteiger partial charge in [-0.05, 0) is 31.2 Å². The maximum Gasteiger partial charge on any atom is 0.287 e. The van der Waals surface area contributed by atoms with Crippen LogP contribution >= 0.6 is 0 Å². The van der Waals surface area contributed by atoms with Crippen molar-refractivity contribution in [2.45, 2.75) is 26.6 Å². The van der Waals surface area contributed by atoms with Crippen LogP contribution < -0.4 is 5.32 Å². The second kappa shape index (κ2) is 6.30. The van der Waals surface area contributed by atoms with Gasteiger partial charge in [0.1, 0.15) is 5.76 Å². The van der Waals surface area contributed by atoms with Crippen molar-refractivity contribution in [2.75, 3.05) is 0 Å². The van der Waals surface area contributed by atoms with E-state index < -0.39 is 0 Å². The van der Waals surface area contributed by atoms with Crippen LogP contribution in [-0.4, -0.2) is 25.5 Å². The zero-order chi connectivity index (χ0) is 15.4. The van der Waals surface area contributed by atoms with Crippen molar-refractivity contribution in [1.29, 1.82) is 0 Å². The van der Waals surface area contributed by atoms with Crippen molar-refractivity contribution in [3.63, 3.8) is 0 Å². The minimum Gasteiger partial charge on any atom is -0.454 e. The van der Waals surface area contributed by atoms with E-state index in [0.717, 1.165) is 12.2 Å². The molecule has 3 rings (SSSR count). The van der Waals surface area contributed by atoms with Gasteiger partial charge in [0, 0.05) is 25.1 Å². The van der Waals surface area contributed by atoms with Crippen molar-refractivity contribution < 1.29 is 9.21 Å². The Morgan fingerprint density at radius 3 is 2.91 bits per heavy atom. The molecule has 0 aliphatic rings. The van der Waals surface area contributed by atoms with E-state index >= 15 is 0 Å². The number of hydrogen-bond donors (Lipinski definition) is 1. The molecule has 0 spiro atoms. The van der Waals surface area contributed by atoms with Crippen LogP contribution in [0.3, 0.4) is 0 Å². The highest BCUT2D eigenvalue weighted by atomic mass is 16.4. The molecule has 3 aromatic rings. The Morgan fingerprint density at radius 2 is 2.18 bits per heavy atom. The highest BCUT2D eigenvalue weighted by Crippen LogP contribution is 2.09. The van der Waals surface area contributed by atoms with E-state index in [1.807, 2.05) is 36.1 Å². The maximum atomic E-state index is 12.0. The van der Waals surface area contributed by atoms with E-state index in [1.54, 1.807) is 23.0 Å². The molecule has 7 nitrogen and oxygen atoms in total. The summed E-state index contributed by atoms with van der Waals surface area (Å²) < 4.78 is 9.09. The van der Waals surface area contributed by atoms with Gasteiger partial charge in [0.05, 0.1) is 18.8 Å². The third-order valence-electron chi connectivity index (χ3n) is 3.21. The first kappa shape index (κ1) is 14.1. The fourth-order valence-electron chi connectivity index (χ4n) is 2.07. The molecular weight excluding hydrogens is 282 g/mol. The predicted molar refractivity (Wildman–Crippen MR) is 79.1 cm³/mol. The molecule has 0 bridgehead atoms. The first-order chi connectivity index (χ1) is 10.7. The molecule has 1 amide bonds. The standard InChI is InChI=1S/C15H17N5O2/c1-2-19-9-6-12(18-19)10-16-15(21)14-5-4-13(22-14)11-20-8-3-7-17-20/h3-9H,2,10-11H2,1H3,(H,16,21). The molecule has 0 atom stereocenters. The third-order valence-corrected chi connectivity index (χ3v) is 3.21. The number of furan rings is 1. The maximum absolute atomic E-state index is 12.0. The molecule has 0 aliphatic heterocycles. The van der Waals surface area contributed by atoms with Crippen molar-refractivity contribution in [3.05, 3.63) is 60.1 Å². The monoisotopic (exact) mass is 299 g/mol. The lowest BCUT2D eigenvalue weighted by atomic mass is 10.4. The molecule has 0 saturated heterocycles. The minimum atomic E-state index is -0.252. The van der Waals surface area contributed by atoms with Crippen LogP contribution in [0.15, 0.2) is 47.3 Å². The van der Waals surface area contributed by atoms with Crippen LogP contribution in [0, 0.1) is 0 Å². The number of carbonyl (C=O) groups excluding carboxylic acids is 1. The third kappa shape index (κ3) is 3.25. The molecule has 7 heteroatoms. The number of aryl methyl sites for hydroxylation is 1. The van der Waals surface area contributed by atoms with E-state index in [2.05, 4.69) is 15.5 Å². The predicted octanol–water partition coefficient (Wildman–Crippen LogP) is 1.67. The van der Waals surface area contributed by atoms with Crippen molar-refractivity contribution in [3.8, 4) is 0 Å². The fraction of sp³-hybridized carbons (Fsp3) is 0.267.